The molecule has 0 aromatic rings. The summed E-state index contributed by atoms with van der Waals surface area (Å²) in [6, 6.07) is -0.182. The molecule has 124 valence electrons. The molecule has 0 aliphatic rings. The number of rotatable bonds is 10. The van der Waals surface area contributed by atoms with Crippen LogP contribution < -0.4 is 5.32 Å². The maximum absolute atomic E-state index is 12.2. The van der Waals surface area contributed by atoms with Crippen LogP contribution in [0.25, 0.3) is 0 Å². The van der Waals surface area contributed by atoms with E-state index in [0.717, 1.165) is 6.54 Å². The highest BCUT2D eigenvalue weighted by Crippen LogP contribution is 2.01. The van der Waals surface area contributed by atoms with Gasteiger partial charge >= 0.3 is 12.0 Å². The average Bonchev–Trinajstić information content (AvgIpc) is 2.37. The number of hydrogen-bond donors (Lipinski definition) is 2. The van der Waals surface area contributed by atoms with Gasteiger partial charge in [0.25, 0.3) is 0 Å². The lowest BCUT2D eigenvalue weighted by Crippen LogP contribution is -2.47. The summed E-state index contributed by atoms with van der Waals surface area (Å²) >= 11 is 0. The summed E-state index contributed by atoms with van der Waals surface area (Å²) in [4.78, 5) is 26.6. The molecule has 21 heavy (non-hydrogen) atoms. The third kappa shape index (κ3) is 10.1. The number of amides is 2. The van der Waals surface area contributed by atoms with E-state index in [2.05, 4.69) is 19.2 Å². The Balaban J connectivity index is 4.40. The Morgan fingerprint density at radius 2 is 1.86 bits per heavy atom. The molecule has 0 bridgehead atoms. The molecular formula is C14H29N3O4. The number of urea groups is 1. The van der Waals surface area contributed by atoms with E-state index < -0.39 is 12.1 Å². The fourth-order valence-electron chi connectivity index (χ4n) is 1.78. The monoisotopic (exact) mass is 303 g/mol. The Hall–Kier alpha value is -1.34. The summed E-state index contributed by atoms with van der Waals surface area (Å²) in [5, 5.41) is 11.5. The molecule has 7 heteroatoms. The van der Waals surface area contributed by atoms with Crippen LogP contribution in [0.15, 0.2) is 0 Å². The Kier molecular flexibility index (Phi) is 9.73. The van der Waals surface area contributed by atoms with Crippen molar-refractivity contribution in [1.29, 1.82) is 0 Å². The van der Waals surface area contributed by atoms with Crippen LogP contribution in [0.4, 0.5) is 4.79 Å². The van der Waals surface area contributed by atoms with Gasteiger partial charge in [0.1, 0.15) is 0 Å². The minimum absolute atomic E-state index is 0.126. The lowest BCUT2D eigenvalue weighted by atomic mass is 10.2. The number of likely N-dealkylation sites (N-methyl/N-ethyl adjacent to an activating group) is 1. The van der Waals surface area contributed by atoms with Crippen LogP contribution >= 0.6 is 0 Å². The first kappa shape index (κ1) is 19.7. The summed E-state index contributed by atoms with van der Waals surface area (Å²) in [6.07, 6.45) is -0.639. The predicted molar refractivity (Wildman–Crippen MR) is 81.4 cm³/mol. The number of carboxylic acid groups (broad SMARTS) is 1. The van der Waals surface area contributed by atoms with Crippen molar-refractivity contribution in [3.05, 3.63) is 0 Å². The summed E-state index contributed by atoms with van der Waals surface area (Å²) in [7, 11) is 5.36. The van der Waals surface area contributed by atoms with E-state index in [1.165, 1.54) is 7.11 Å². The summed E-state index contributed by atoms with van der Waals surface area (Å²) in [6.45, 7) is 6.38. The minimum Gasteiger partial charge on any atom is -0.481 e. The zero-order valence-electron chi connectivity index (χ0n) is 13.8. The van der Waals surface area contributed by atoms with Crippen molar-refractivity contribution in [2.75, 3.05) is 47.4 Å². The van der Waals surface area contributed by atoms with E-state index in [9.17, 15) is 9.59 Å². The van der Waals surface area contributed by atoms with Crippen LogP contribution in [-0.2, 0) is 9.53 Å². The van der Waals surface area contributed by atoms with E-state index >= 15 is 0 Å². The van der Waals surface area contributed by atoms with Crippen molar-refractivity contribution in [3.8, 4) is 0 Å². The molecule has 0 heterocycles. The number of ether oxygens (including phenoxy) is 1. The van der Waals surface area contributed by atoms with E-state index in [0.29, 0.717) is 19.0 Å². The molecule has 0 aromatic heterocycles. The first-order chi connectivity index (χ1) is 9.76. The highest BCUT2D eigenvalue weighted by Gasteiger charge is 2.18. The van der Waals surface area contributed by atoms with Gasteiger partial charge in [-0.25, -0.2) is 4.79 Å². The number of aliphatic carboxylic acids is 1. The molecule has 0 rings (SSSR count). The molecule has 0 aliphatic heterocycles. The largest absolute Gasteiger partial charge is 0.481 e. The van der Waals surface area contributed by atoms with Gasteiger partial charge in [0.2, 0.25) is 0 Å². The zero-order valence-corrected chi connectivity index (χ0v) is 13.8. The number of hydrogen-bond acceptors (Lipinski definition) is 4. The molecule has 0 radical (unpaired) electrons. The normalized spacial score (nSPS) is 12.5. The van der Waals surface area contributed by atoms with E-state index in [1.54, 1.807) is 4.90 Å². The molecule has 2 amide bonds. The molecule has 0 saturated heterocycles. The fraction of sp³-hybridized carbons (Fsp3) is 0.857. The maximum Gasteiger partial charge on any atom is 0.317 e. The van der Waals surface area contributed by atoms with Crippen molar-refractivity contribution in [2.24, 2.45) is 5.92 Å². The van der Waals surface area contributed by atoms with Gasteiger partial charge < -0.3 is 25.0 Å². The van der Waals surface area contributed by atoms with Gasteiger partial charge in [0.05, 0.1) is 12.5 Å². The van der Waals surface area contributed by atoms with Crippen molar-refractivity contribution >= 4 is 12.0 Å². The first-order valence-corrected chi connectivity index (χ1v) is 7.18. The Bertz CT molecular complexity index is 321. The molecule has 0 fully saturated rings. The van der Waals surface area contributed by atoms with Gasteiger partial charge in [0, 0.05) is 33.3 Å². The molecule has 0 saturated carbocycles. The molecule has 1 atom stereocenters. The number of carbonyl (C=O) groups is 2. The van der Waals surface area contributed by atoms with E-state index in [-0.39, 0.29) is 19.0 Å². The summed E-state index contributed by atoms with van der Waals surface area (Å²) in [5.41, 5.74) is 0. The van der Waals surface area contributed by atoms with E-state index in [4.69, 9.17) is 9.84 Å². The molecular weight excluding hydrogens is 274 g/mol. The van der Waals surface area contributed by atoms with Gasteiger partial charge in [-0.05, 0) is 20.0 Å². The van der Waals surface area contributed by atoms with Gasteiger partial charge in [-0.15, -0.1) is 0 Å². The lowest BCUT2D eigenvalue weighted by molar-refractivity contribution is -0.139. The number of methoxy groups -OCH3 is 1. The number of nitrogens with one attached hydrogen (secondary N) is 1. The van der Waals surface area contributed by atoms with Gasteiger partial charge in [0.15, 0.2) is 0 Å². The number of nitrogens with zero attached hydrogens (tertiary/aromatic N) is 2. The van der Waals surface area contributed by atoms with Crippen LogP contribution in [0.3, 0.4) is 0 Å². The van der Waals surface area contributed by atoms with Crippen molar-refractivity contribution in [3.63, 3.8) is 0 Å². The molecule has 7 nitrogen and oxygen atoms in total. The van der Waals surface area contributed by atoms with Crippen molar-refractivity contribution in [1.82, 2.24) is 15.1 Å². The van der Waals surface area contributed by atoms with Crippen molar-refractivity contribution < 1.29 is 19.4 Å². The Morgan fingerprint density at radius 3 is 2.29 bits per heavy atom. The topological polar surface area (TPSA) is 82.1 Å². The molecule has 1 unspecified atom stereocenters. The lowest BCUT2D eigenvalue weighted by Gasteiger charge is -2.27. The second kappa shape index (κ2) is 10.4. The predicted octanol–water partition coefficient (Wildman–Crippen LogP) is 0.705. The highest BCUT2D eigenvalue weighted by atomic mass is 16.5. The SMILES string of the molecule is COC(CNC(=O)N(CCN(C)C)CC(C)C)CC(=O)O. The van der Waals surface area contributed by atoms with Crippen LogP contribution in [0.1, 0.15) is 20.3 Å². The van der Waals surface area contributed by atoms with Gasteiger partial charge in [-0.3, -0.25) is 4.79 Å². The molecule has 0 aliphatic carbocycles. The zero-order chi connectivity index (χ0) is 16.4. The average molecular weight is 303 g/mol. The van der Waals surface area contributed by atoms with Crippen LogP contribution in [0, 0.1) is 5.92 Å². The Labute approximate surface area is 127 Å². The Morgan fingerprint density at radius 1 is 1.24 bits per heavy atom. The van der Waals surface area contributed by atoms with Gasteiger partial charge in [-0.2, -0.15) is 0 Å². The number of carbonyl (C=O) groups excluding carboxylic acids is 1. The second-order valence-electron chi connectivity index (χ2n) is 5.78. The molecule has 0 aromatic carbocycles. The first-order valence-electron chi connectivity index (χ1n) is 7.18. The third-order valence-corrected chi connectivity index (χ3v) is 2.91. The van der Waals surface area contributed by atoms with Crippen LogP contribution in [0.2, 0.25) is 0 Å². The highest BCUT2D eigenvalue weighted by molar-refractivity contribution is 5.74. The van der Waals surface area contributed by atoms with Crippen LogP contribution in [-0.4, -0.2) is 80.4 Å². The minimum atomic E-state index is -0.942. The maximum atomic E-state index is 12.2. The number of carboxylic acids is 1. The second-order valence-corrected chi connectivity index (χ2v) is 5.78. The smallest absolute Gasteiger partial charge is 0.317 e. The molecule has 2 N–H and O–H groups in total. The summed E-state index contributed by atoms with van der Waals surface area (Å²) in [5.74, 6) is -0.571. The van der Waals surface area contributed by atoms with Crippen molar-refractivity contribution in [2.45, 2.75) is 26.4 Å². The van der Waals surface area contributed by atoms with E-state index in [1.807, 2.05) is 19.0 Å². The van der Waals surface area contributed by atoms with Crippen LogP contribution in [0.5, 0.6) is 0 Å². The standard InChI is InChI=1S/C14H29N3O4/c1-11(2)10-17(7-6-16(3)4)14(20)15-9-12(21-5)8-13(18)19/h11-12H,6-10H2,1-5H3,(H,15,20)(H,18,19). The quantitative estimate of drug-likeness (QED) is 0.621. The molecule has 0 spiro atoms. The van der Waals surface area contributed by atoms with Gasteiger partial charge in [-0.1, -0.05) is 13.8 Å². The third-order valence-electron chi connectivity index (χ3n) is 2.91. The summed E-state index contributed by atoms with van der Waals surface area (Å²) < 4.78 is 5.05. The fourth-order valence-corrected chi connectivity index (χ4v) is 1.78.